The molecule has 0 aliphatic carbocycles. The average molecular weight is 723 g/mol. The normalized spacial score (nSPS) is 13.1. The number of furan rings is 1. The van der Waals surface area contributed by atoms with Gasteiger partial charge < -0.3 is 8.98 Å². The highest BCUT2D eigenvalue weighted by molar-refractivity contribution is 6.12. The Bertz CT molecular complexity index is 3530. The minimum absolute atomic E-state index is 0.0628. The third-order valence-corrected chi connectivity index (χ3v) is 10.2. The Morgan fingerprint density at radius 1 is 0.411 bits per heavy atom. The molecule has 0 saturated heterocycles. The minimum atomic E-state index is -0.193. The summed E-state index contributed by atoms with van der Waals surface area (Å²) >= 11 is 0. The van der Waals surface area contributed by atoms with E-state index in [1.54, 1.807) is 4.57 Å². The van der Waals surface area contributed by atoms with Crippen molar-refractivity contribution in [3.05, 3.63) is 194 Å². The molecule has 0 aliphatic rings. The molecule has 0 unspecified atom stereocenters. The molecule has 0 radical (unpaired) electrons. The molecule has 0 fully saturated rings. The van der Waals surface area contributed by atoms with Crippen molar-refractivity contribution >= 4 is 43.7 Å². The van der Waals surface area contributed by atoms with Gasteiger partial charge in [0.05, 0.1) is 24.9 Å². The molecule has 0 N–H and O–H groups in total. The van der Waals surface area contributed by atoms with Crippen LogP contribution in [0.5, 0.6) is 0 Å². The van der Waals surface area contributed by atoms with Crippen LogP contribution in [0.1, 0.15) is 8.22 Å². The summed E-state index contributed by atoms with van der Waals surface area (Å²) < 4.78 is 62.4. The fourth-order valence-corrected chi connectivity index (χ4v) is 7.69. The molecule has 11 rings (SSSR count). The van der Waals surface area contributed by atoms with Crippen LogP contribution in [0, 0.1) is 0 Å². The van der Waals surface area contributed by atoms with Gasteiger partial charge in [-0.25, -0.2) is 15.0 Å². The topological polar surface area (TPSA) is 56.7 Å². The molecule has 262 valence electrons. The number of aromatic nitrogens is 4. The number of hydrogen-bond acceptors (Lipinski definition) is 4. The standard InChI is InChI=1S/C51H32N4O/c1-3-16-33(17-4-1)36-20-7-8-24-43(36)51-53-49(34-18-5-2-6-19-34)52-50(54-51)35-30-31-39(41-25-15-26-42-40-23-11-14-29-47(40)56-48(41)42)46(32-35)55-44-27-12-9-21-37(44)38-22-10-13-28-45(38)55/h1-32H/i9D,10D,21D,22D,27D,28D. The Balaban J connectivity index is 1.25. The second-order valence-corrected chi connectivity index (χ2v) is 13.5. The summed E-state index contributed by atoms with van der Waals surface area (Å²) in [5, 5.41) is 2.18. The Morgan fingerprint density at radius 2 is 1.00 bits per heavy atom. The molecule has 0 aliphatic heterocycles. The van der Waals surface area contributed by atoms with Gasteiger partial charge in [-0.3, -0.25) is 0 Å². The smallest absolute Gasteiger partial charge is 0.164 e. The molecule has 3 heterocycles. The van der Waals surface area contributed by atoms with E-state index in [9.17, 15) is 2.74 Å². The van der Waals surface area contributed by atoms with E-state index >= 15 is 0 Å². The van der Waals surface area contributed by atoms with Gasteiger partial charge >= 0.3 is 0 Å². The van der Waals surface area contributed by atoms with Gasteiger partial charge in [-0.1, -0.05) is 170 Å². The van der Waals surface area contributed by atoms with Crippen molar-refractivity contribution in [1.29, 1.82) is 0 Å². The van der Waals surface area contributed by atoms with Crippen LogP contribution >= 0.6 is 0 Å². The summed E-state index contributed by atoms with van der Waals surface area (Å²) in [5.41, 5.74) is 7.91. The molecule has 3 aromatic heterocycles. The van der Waals surface area contributed by atoms with Gasteiger partial charge in [0.2, 0.25) is 0 Å². The zero-order valence-corrected chi connectivity index (χ0v) is 29.7. The Labute approximate surface area is 331 Å². The van der Waals surface area contributed by atoms with Gasteiger partial charge in [0.25, 0.3) is 0 Å². The maximum Gasteiger partial charge on any atom is 0.164 e. The molecule has 0 saturated carbocycles. The third kappa shape index (κ3) is 5.21. The van der Waals surface area contributed by atoms with Crippen LogP contribution in [0.25, 0.3) is 106 Å². The first-order valence-corrected chi connectivity index (χ1v) is 18.3. The van der Waals surface area contributed by atoms with Gasteiger partial charge in [-0.05, 0) is 35.3 Å². The van der Waals surface area contributed by atoms with E-state index in [4.69, 9.17) is 24.9 Å². The molecule has 56 heavy (non-hydrogen) atoms. The molecule has 0 amide bonds. The fourth-order valence-electron chi connectivity index (χ4n) is 7.69. The number of para-hydroxylation sites is 4. The Kier molecular flexibility index (Phi) is 6.10. The number of rotatable bonds is 6. The highest BCUT2D eigenvalue weighted by Gasteiger charge is 2.22. The van der Waals surface area contributed by atoms with Crippen LogP contribution < -0.4 is 0 Å². The third-order valence-electron chi connectivity index (χ3n) is 10.2. The van der Waals surface area contributed by atoms with Gasteiger partial charge in [-0.15, -0.1) is 0 Å². The lowest BCUT2D eigenvalue weighted by molar-refractivity contribution is 0.670. The van der Waals surface area contributed by atoms with Crippen LogP contribution in [0.3, 0.4) is 0 Å². The number of nitrogens with zero attached hydrogens (tertiary/aromatic N) is 4. The Morgan fingerprint density at radius 3 is 1.75 bits per heavy atom. The molecule has 0 atom stereocenters. The molecule has 0 spiro atoms. The summed E-state index contributed by atoms with van der Waals surface area (Å²) in [7, 11) is 0. The summed E-state index contributed by atoms with van der Waals surface area (Å²) in [6, 6.07) is 49.1. The predicted molar refractivity (Wildman–Crippen MR) is 229 cm³/mol. The second kappa shape index (κ2) is 13.0. The molecule has 5 nitrogen and oxygen atoms in total. The number of fused-ring (bicyclic) bond motifs is 6. The van der Waals surface area contributed by atoms with E-state index in [1.807, 2.05) is 133 Å². The lowest BCUT2D eigenvalue weighted by Gasteiger charge is -2.17. The van der Waals surface area contributed by atoms with E-state index in [0.717, 1.165) is 44.2 Å². The van der Waals surface area contributed by atoms with E-state index in [2.05, 4.69) is 12.1 Å². The van der Waals surface area contributed by atoms with Crippen LogP contribution in [0.4, 0.5) is 0 Å². The van der Waals surface area contributed by atoms with Crippen LogP contribution in [-0.4, -0.2) is 19.5 Å². The summed E-state index contributed by atoms with van der Waals surface area (Å²) in [6.07, 6.45) is 0. The van der Waals surface area contributed by atoms with Crippen molar-refractivity contribution in [1.82, 2.24) is 19.5 Å². The van der Waals surface area contributed by atoms with Crippen LogP contribution in [0.15, 0.2) is 198 Å². The van der Waals surface area contributed by atoms with E-state index < -0.39 is 0 Å². The van der Waals surface area contributed by atoms with Crippen molar-refractivity contribution in [2.45, 2.75) is 0 Å². The van der Waals surface area contributed by atoms with Gasteiger partial charge in [0.15, 0.2) is 17.5 Å². The van der Waals surface area contributed by atoms with Crippen molar-refractivity contribution < 1.29 is 12.6 Å². The Hall–Kier alpha value is -7.63. The summed E-state index contributed by atoms with van der Waals surface area (Å²) in [4.78, 5) is 15.3. The molecule has 11 aromatic rings. The number of hydrogen-bond donors (Lipinski definition) is 0. The van der Waals surface area contributed by atoms with Crippen molar-refractivity contribution in [2.75, 3.05) is 0 Å². The van der Waals surface area contributed by atoms with Gasteiger partial charge in [0.1, 0.15) is 11.2 Å². The molecular formula is C51H32N4O. The van der Waals surface area contributed by atoms with E-state index in [-0.39, 0.29) is 58.1 Å². The molecule has 8 aromatic carbocycles. The van der Waals surface area contributed by atoms with E-state index in [0.29, 0.717) is 39.9 Å². The quantitative estimate of drug-likeness (QED) is 0.171. The van der Waals surface area contributed by atoms with Crippen molar-refractivity contribution in [2.24, 2.45) is 0 Å². The molecule has 0 bridgehead atoms. The first-order chi connectivity index (χ1) is 30.2. The maximum absolute atomic E-state index is 9.31. The summed E-state index contributed by atoms with van der Waals surface area (Å²) in [6.45, 7) is 0. The summed E-state index contributed by atoms with van der Waals surface area (Å²) in [5.74, 6) is 1.30. The van der Waals surface area contributed by atoms with Crippen LogP contribution in [-0.2, 0) is 0 Å². The minimum Gasteiger partial charge on any atom is -0.455 e. The zero-order chi connectivity index (χ0) is 42.2. The van der Waals surface area contributed by atoms with Crippen molar-refractivity contribution in [3.8, 4) is 62.1 Å². The largest absolute Gasteiger partial charge is 0.455 e. The highest BCUT2D eigenvalue weighted by atomic mass is 16.3. The monoisotopic (exact) mass is 722 g/mol. The van der Waals surface area contributed by atoms with Gasteiger partial charge in [-0.2, -0.15) is 0 Å². The first-order valence-electron chi connectivity index (χ1n) is 21.3. The fraction of sp³-hybridized carbons (Fsp3) is 0. The van der Waals surface area contributed by atoms with Gasteiger partial charge in [0, 0.05) is 49.4 Å². The molecule has 5 heteroatoms. The predicted octanol–water partition coefficient (Wildman–Crippen LogP) is 13.2. The SMILES string of the molecule is [2H]c1cc([2H])c2c(c1[2H])c1c([2H])c([2H])cc([2H])c1n2-c1cc(-c2nc(-c3ccccc3)nc(-c3ccccc3-c3ccccc3)n2)ccc1-c1cccc2c1oc1ccccc12. The second-order valence-electron chi connectivity index (χ2n) is 13.5. The van der Waals surface area contributed by atoms with Crippen LogP contribution in [0.2, 0.25) is 0 Å². The molecular weight excluding hydrogens is 685 g/mol. The number of benzene rings is 8. The maximum atomic E-state index is 9.31. The lowest BCUT2D eigenvalue weighted by Crippen LogP contribution is -2.03. The first kappa shape index (κ1) is 26.2. The zero-order valence-electron chi connectivity index (χ0n) is 35.7. The highest BCUT2D eigenvalue weighted by Crippen LogP contribution is 2.42. The van der Waals surface area contributed by atoms with Crippen molar-refractivity contribution in [3.63, 3.8) is 0 Å². The van der Waals surface area contributed by atoms with E-state index in [1.165, 1.54) is 12.1 Å². The lowest BCUT2D eigenvalue weighted by atomic mass is 9.98. The average Bonchev–Trinajstić information content (AvgIpc) is 3.88.